The molecular weight excluding hydrogens is 142 g/mol. The molecule has 0 saturated carbocycles. The van der Waals surface area contributed by atoms with E-state index in [1.165, 1.54) is 0 Å². The quantitative estimate of drug-likeness (QED) is 0.263. The number of hydrogen-bond donors (Lipinski definition) is 2. The second-order valence-electron chi connectivity index (χ2n) is 0.448. The summed E-state index contributed by atoms with van der Waals surface area (Å²) in [6.45, 7) is 0. The Bertz CT molecular complexity index is 102. The summed E-state index contributed by atoms with van der Waals surface area (Å²) in [5.74, 6) is 0. The van der Waals surface area contributed by atoms with Crippen molar-refractivity contribution in [2.24, 2.45) is 0 Å². The van der Waals surface area contributed by atoms with Gasteiger partial charge in [0, 0.05) is 0 Å². The van der Waals surface area contributed by atoms with Gasteiger partial charge in [-0.15, -0.1) is 0 Å². The Kier molecular flexibility index (Phi) is 14.3. The zero-order chi connectivity index (χ0) is 4.50. The van der Waals surface area contributed by atoms with Crippen LogP contribution in [0.15, 0.2) is 0 Å². The summed E-state index contributed by atoms with van der Waals surface area (Å²) in [4.78, 5) is 0. The third kappa shape index (κ3) is 68.2. The van der Waals surface area contributed by atoms with Crippen LogP contribution >= 0.6 is 0 Å². The number of hydrogen-bond acceptors (Lipinski definition) is 2. The van der Waals surface area contributed by atoms with Crippen LogP contribution in [0.3, 0.4) is 0 Å². The van der Waals surface area contributed by atoms with E-state index < -0.39 is 10.4 Å². The SMILES string of the molecule is O=S(=O)(O)O.[H-].[H-].[K+].[Li+]. The van der Waals surface area contributed by atoms with Gasteiger partial charge in [0.15, 0.2) is 0 Å². The second kappa shape index (κ2) is 6.23. The average molecular weight is 146 g/mol. The molecule has 0 spiro atoms. The van der Waals surface area contributed by atoms with E-state index in [9.17, 15) is 0 Å². The van der Waals surface area contributed by atoms with Crippen molar-refractivity contribution in [3.63, 3.8) is 0 Å². The molecule has 0 unspecified atom stereocenters. The van der Waals surface area contributed by atoms with E-state index in [1.807, 2.05) is 0 Å². The van der Waals surface area contributed by atoms with Gasteiger partial charge in [0.25, 0.3) is 0 Å². The summed E-state index contributed by atoms with van der Waals surface area (Å²) in [5, 5.41) is 0. The maximum Gasteiger partial charge on any atom is 1.00 e. The van der Waals surface area contributed by atoms with Crippen molar-refractivity contribution >= 4 is 10.4 Å². The van der Waals surface area contributed by atoms with Gasteiger partial charge in [0.05, 0.1) is 0 Å². The van der Waals surface area contributed by atoms with Crippen LogP contribution in [0.5, 0.6) is 0 Å². The van der Waals surface area contributed by atoms with Crippen LogP contribution in [0.4, 0.5) is 0 Å². The van der Waals surface area contributed by atoms with Crippen molar-refractivity contribution in [3.05, 3.63) is 0 Å². The Morgan fingerprint density at radius 1 is 1.29 bits per heavy atom. The molecule has 0 amide bonds. The maximum atomic E-state index is 8.74. The van der Waals surface area contributed by atoms with Gasteiger partial charge in [-0.1, -0.05) is 0 Å². The number of rotatable bonds is 0. The van der Waals surface area contributed by atoms with Crippen molar-refractivity contribution in [2.45, 2.75) is 0 Å². The normalized spacial score (nSPS) is 8.29. The first-order valence-corrected chi connectivity index (χ1v) is 2.10. The Balaban J connectivity index is -0.0000000133. The molecule has 0 atom stereocenters. The average Bonchev–Trinajstić information content (AvgIpc) is 0.722. The van der Waals surface area contributed by atoms with E-state index >= 15 is 0 Å². The van der Waals surface area contributed by atoms with Gasteiger partial charge >= 0.3 is 80.6 Å². The predicted octanol–water partition coefficient (Wildman–Crippen LogP) is -6.42. The van der Waals surface area contributed by atoms with Crippen molar-refractivity contribution < 1.29 is 90.6 Å². The fraction of sp³-hybridized carbons (Fsp3) is 0. The third-order valence-electron chi connectivity index (χ3n) is 0. The van der Waals surface area contributed by atoms with E-state index in [0.29, 0.717) is 0 Å². The molecule has 0 aliphatic rings. The molecule has 0 bridgehead atoms. The Morgan fingerprint density at radius 3 is 1.29 bits per heavy atom. The molecule has 0 aromatic heterocycles. The van der Waals surface area contributed by atoms with Crippen molar-refractivity contribution in [1.82, 2.24) is 0 Å². The molecule has 0 saturated heterocycles. The molecule has 4 nitrogen and oxygen atoms in total. The first kappa shape index (κ1) is 16.0. The van der Waals surface area contributed by atoms with Crippen LogP contribution in [-0.4, -0.2) is 17.5 Å². The summed E-state index contributed by atoms with van der Waals surface area (Å²) in [6.07, 6.45) is 0. The molecule has 2 N–H and O–H groups in total. The summed E-state index contributed by atoms with van der Waals surface area (Å²) >= 11 is 0. The molecule has 7 heteroatoms. The van der Waals surface area contributed by atoms with Gasteiger partial charge in [-0.3, -0.25) is 9.11 Å². The van der Waals surface area contributed by atoms with Crippen LogP contribution in [-0.2, 0) is 10.4 Å². The predicted molar refractivity (Wildman–Crippen MR) is 16.4 cm³/mol. The molecule has 0 aliphatic heterocycles. The van der Waals surface area contributed by atoms with Crippen molar-refractivity contribution in [1.29, 1.82) is 0 Å². The molecule has 0 rings (SSSR count). The molecular formula is H4KLiO4S. The van der Waals surface area contributed by atoms with Crippen molar-refractivity contribution in [2.75, 3.05) is 0 Å². The fourth-order valence-electron chi connectivity index (χ4n) is 0. The molecule has 0 fully saturated rings. The van der Waals surface area contributed by atoms with E-state index in [4.69, 9.17) is 17.5 Å². The molecule has 0 aromatic carbocycles. The molecule has 0 aliphatic carbocycles. The first-order chi connectivity index (χ1) is 2.00. The summed E-state index contributed by atoms with van der Waals surface area (Å²) < 4.78 is 31.6. The maximum absolute atomic E-state index is 8.74. The summed E-state index contributed by atoms with van der Waals surface area (Å²) in [5.41, 5.74) is 0. The Morgan fingerprint density at radius 2 is 1.29 bits per heavy atom. The van der Waals surface area contributed by atoms with E-state index in [-0.39, 0.29) is 73.1 Å². The minimum atomic E-state index is -4.67. The van der Waals surface area contributed by atoms with Gasteiger partial charge in [0.1, 0.15) is 0 Å². The molecule has 7 heavy (non-hydrogen) atoms. The first-order valence-electron chi connectivity index (χ1n) is 0.698. The van der Waals surface area contributed by atoms with Crippen LogP contribution in [0.25, 0.3) is 0 Å². The van der Waals surface area contributed by atoms with Gasteiger partial charge in [-0.05, 0) is 0 Å². The Labute approximate surface area is 99.2 Å². The summed E-state index contributed by atoms with van der Waals surface area (Å²) in [7, 11) is -4.67. The van der Waals surface area contributed by atoms with E-state index in [2.05, 4.69) is 0 Å². The summed E-state index contributed by atoms with van der Waals surface area (Å²) in [6, 6.07) is 0. The standard InChI is InChI=1S/K.Li.H2O4S.2H/c;;1-5(2,3)4;;/h;;(H2,1,2,3,4);;/q2*+1;;2*-1. The van der Waals surface area contributed by atoms with Crippen LogP contribution < -0.4 is 70.2 Å². The van der Waals surface area contributed by atoms with E-state index in [0.717, 1.165) is 0 Å². The topological polar surface area (TPSA) is 74.6 Å². The fourth-order valence-corrected chi connectivity index (χ4v) is 0. The van der Waals surface area contributed by atoms with Gasteiger partial charge in [-0.25, -0.2) is 0 Å². The van der Waals surface area contributed by atoms with Gasteiger partial charge in [-0.2, -0.15) is 8.42 Å². The van der Waals surface area contributed by atoms with Gasteiger partial charge in [0.2, 0.25) is 0 Å². The monoisotopic (exact) mass is 146 g/mol. The molecule has 0 radical (unpaired) electrons. The third-order valence-corrected chi connectivity index (χ3v) is 0. The van der Waals surface area contributed by atoms with Crippen molar-refractivity contribution in [3.8, 4) is 0 Å². The van der Waals surface area contributed by atoms with Crippen LogP contribution in [0, 0.1) is 0 Å². The Hall–Kier alpha value is 2.10. The minimum absolute atomic E-state index is 0. The zero-order valence-electron chi connectivity index (χ0n) is 6.12. The smallest absolute Gasteiger partial charge is 1.00 e. The van der Waals surface area contributed by atoms with Crippen LogP contribution in [0.2, 0.25) is 0 Å². The van der Waals surface area contributed by atoms with Gasteiger partial charge < -0.3 is 2.85 Å². The molecule has 0 heterocycles. The zero-order valence-corrected chi connectivity index (χ0v) is 8.06. The molecule has 0 aromatic rings. The minimum Gasteiger partial charge on any atom is -1.00 e. The van der Waals surface area contributed by atoms with Crippen LogP contribution in [0.1, 0.15) is 2.85 Å². The largest absolute Gasteiger partial charge is 1.00 e. The second-order valence-corrected chi connectivity index (χ2v) is 1.34. The molecule has 36 valence electrons. The van der Waals surface area contributed by atoms with E-state index in [1.54, 1.807) is 0 Å².